The quantitative estimate of drug-likeness (QED) is 0.306. The molecule has 0 amide bonds. The van der Waals surface area contributed by atoms with Crippen LogP contribution in [0.25, 0.3) is 17.4 Å². The van der Waals surface area contributed by atoms with E-state index in [1.165, 1.54) is 22.8 Å². The Labute approximate surface area is 243 Å². The van der Waals surface area contributed by atoms with Crippen LogP contribution in [0.3, 0.4) is 0 Å². The minimum atomic E-state index is -1.09. The topological polar surface area (TPSA) is 120 Å². The number of fused-ring (bicyclic) bond motifs is 1. The van der Waals surface area contributed by atoms with Gasteiger partial charge in [0.25, 0.3) is 5.56 Å². The van der Waals surface area contributed by atoms with Gasteiger partial charge in [-0.15, -0.1) is 0 Å². The third-order valence-corrected chi connectivity index (χ3v) is 7.71. The van der Waals surface area contributed by atoms with Crippen LogP contribution < -0.4 is 19.6 Å². The van der Waals surface area contributed by atoms with E-state index in [1.54, 1.807) is 70.4 Å². The third kappa shape index (κ3) is 5.48. The second kappa shape index (κ2) is 11.2. The molecule has 0 bridgehead atoms. The minimum absolute atomic E-state index is 0.0661. The second-order valence-corrected chi connectivity index (χ2v) is 10.9. The zero-order valence-electron chi connectivity index (χ0n) is 22.5. The van der Waals surface area contributed by atoms with Gasteiger partial charge in [0, 0.05) is 11.6 Å². The fourth-order valence-electron chi connectivity index (χ4n) is 4.51. The van der Waals surface area contributed by atoms with Crippen molar-refractivity contribution in [1.82, 2.24) is 4.57 Å². The number of hydrogen-bond acceptors (Lipinski definition) is 8. The number of thiazole rings is 1. The summed E-state index contributed by atoms with van der Waals surface area (Å²) in [5, 5.41) is 9.66. The zero-order valence-corrected chi connectivity index (χ0v) is 24.1. The molecule has 210 valence electrons. The molecule has 5 rings (SSSR count). The number of methoxy groups -OCH3 is 1. The van der Waals surface area contributed by atoms with Crippen LogP contribution in [0.5, 0.6) is 5.75 Å². The number of carboxylic acids is 1. The molecule has 1 atom stereocenters. The first-order valence-electron chi connectivity index (χ1n) is 12.6. The number of nitrogens with zero attached hydrogens (tertiary/aromatic N) is 2. The molecule has 0 radical (unpaired) electrons. The monoisotopic (exact) mass is 592 g/mol. The number of aromatic nitrogens is 1. The summed E-state index contributed by atoms with van der Waals surface area (Å²) < 4.78 is 18.6. The van der Waals surface area contributed by atoms with Gasteiger partial charge in [-0.25, -0.2) is 14.6 Å². The maximum absolute atomic E-state index is 13.8. The normalized spacial score (nSPS) is 15.1. The van der Waals surface area contributed by atoms with Crippen molar-refractivity contribution in [1.29, 1.82) is 0 Å². The van der Waals surface area contributed by atoms with Gasteiger partial charge in [0.05, 0.1) is 45.6 Å². The fraction of sp³-hybridized carbons (Fsp3) is 0.200. The number of carboxylic acid groups (broad SMARTS) is 1. The average Bonchev–Trinajstić information content (AvgIpc) is 3.51. The molecule has 1 N–H and O–H groups in total. The number of hydrogen-bond donors (Lipinski definition) is 1. The molecule has 41 heavy (non-hydrogen) atoms. The Morgan fingerprint density at radius 2 is 1.88 bits per heavy atom. The summed E-state index contributed by atoms with van der Waals surface area (Å²) in [6.45, 7) is 5.24. The summed E-state index contributed by atoms with van der Waals surface area (Å²) in [4.78, 5) is 43.5. The van der Waals surface area contributed by atoms with Gasteiger partial charge in [0.2, 0.25) is 0 Å². The predicted molar refractivity (Wildman–Crippen MR) is 154 cm³/mol. The summed E-state index contributed by atoms with van der Waals surface area (Å²) in [6.07, 6.45) is 1.22. The van der Waals surface area contributed by atoms with Gasteiger partial charge in [-0.2, -0.15) is 0 Å². The van der Waals surface area contributed by atoms with Gasteiger partial charge in [0.15, 0.2) is 4.80 Å². The molecule has 0 unspecified atom stereocenters. The van der Waals surface area contributed by atoms with E-state index in [-0.39, 0.29) is 22.8 Å². The number of allylic oxidation sites excluding steroid dienone is 1. The highest BCUT2D eigenvalue weighted by atomic mass is 35.5. The number of esters is 1. The minimum Gasteiger partial charge on any atom is -0.497 e. The third-order valence-electron chi connectivity index (χ3n) is 6.39. The van der Waals surface area contributed by atoms with Crippen molar-refractivity contribution in [3.05, 3.63) is 107 Å². The molecule has 11 heteroatoms. The van der Waals surface area contributed by atoms with Crippen molar-refractivity contribution in [2.45, 2.75) is 32.9 Å². The summed E-state index contributed by atoms with van der Waals surface area (Å²) >= 11 is 7.46. The Morgan fingerprint density at radius 1 is 1.15 bits per heavy atom. The second-order valence-electron chi connectivity index (χ2n) is 9.51. The van der Waals surface area contributed by atoms with E-state index in [9.17, 15) is 19.5 Å². The van der Waals surface area contributed by atoms with E-state index in [0.717, 1.165) is 11.3 Å². The molecule has 3 heterocycles. The summed E-state index contributed by atoms with van der Waals surface area (Å²) in [5.74, 6) is -0.293. The van der Waals surface area contributed by atoms with Crippen LogP contribution in [-0.2, 0) is 9.53 Å². The van der Waals surface area contributed by atoms with Gasteiger partial charge in [-0.1, -0.05) is 35.1 Å². The van der Waals surface area contributed by atoms with Crippen LogP contribution in [-0.4, -0.2) is 34.8 Å². The highest BCUT2D eigenvalue weighted by Crippen LogP contribution is 2.33. The van der Waals surface area contributed by atoms with Crippen LogP contribution in [0.2, 0.25) is 5.02 Å². The maximum Gasteiger partial charge on any atom is 0.338 e. The number of aromatic carboxylic acids is 1. The lowest BCUT2D eigenvalue weighted by Gasteiger charge is -2.25. The molecular weight excluding hydrogens is 568 g/mol. The first-order valence-corrected chi connectivity index (χ1v) is 13.8. The first-order chi connectivity index (χ1) is 19.6. The van der Waals surface area contributed by atoms with Gasteiger partial charge in [-0.3, -0.25) is 9.36 Å². The summed E-state index contributed by atoms with van der Waals surface area (Å²) in [6, 6.07) is 14.0. The molecular formula is C30H25ClN2O7S. The standard InChI is InChI=1S/C30H25ClN2O7S/c1-15(2)39-29(37)25-16(3)32-30-33(26(25)17-5-8-19(38-4)9-6-17)27(34)24(41-30)14-20-10-12-23(40-20)21-13-18(28(35)36)7-11-22(21)31/h5-15,26H,1-4H3,(H,35,36)/b24-14-/t26-/m0/s1. The molecule has 0 saturated carbocycles. The van der Waals surface area contributed by atoms with E-state index >= 15 is 0 Å². The Kier molecular flexibility index (Phi) is 7.70. The molecule has 2 aromatic carbocycles. The molecule has 1 aliphatic heterocycles. The van der Waals surface area contributed by atoms with Crippen molar-refractivity contribution in [2.75, 3.05) is 7.11 Å². The molecule has 0 aliphatic carbocycles. The molecule has 0 spiro atoms. The molecule has 2 aromatic heterocycles. The maximum atomic E-state index is 13.8. The number of benzene rings is 2. The lowest BCUT2D eigenvalue weighted by molar-refractivity contribution is -0.143. The Morgan fingerprint density at radius 3 is 2.54 bits per heavy atom. The smallest absolute Gasteiger partial charge is 0.338 e. The van der Waals surface area contributed by atoms with Crippen LogP contribution >= 0.6 is 22.9 Å². The Bertz CT molecular complexity index is 1880. The van der Waals surface area contributed by atoms with Crippen LogP contribution in [0, 0.1) is 0 Å². The number of halogens is 1. The van der Waals surface area contributed by atoms with E-state index in [0.29, 0.717) is 48.5 Å². The van der Waals surface area contributed by atoms with Crippen molar-refractivity contribution in [3.8, 4) is 17.1 Å². The van der Waals surface area contributed by atoms with Crippen LogP contribution in [0.1, 0.15) is 48.5 Å². The first kappa shape index (κ1) is 28.1. The summed E-state index contributed by atoms with van der Waals surface area (Å²) in [7, 11) is 1.56. The van der Waals surface area contributed by atoms with E-state index in [2.05, 4.69) is 4.99 Å². The number of furan rings is 1. The van der Waals surface area contributed by atoms with Crippen molar-refractivity contribution < 1.29 is 28.6 Å². The van der Waals surface area contributed by atoms with E-state index < -0.39 is 18.0 Å². The van der Waals surface area contributed by atoms with Gasteiger partial charge in [0.1, 0.15) is 17.3 Å². The largest absolute Gasteiger partial charge is 0.497 e. The average molecular weight is 593 g/mol. The van der Waals surface area contributed by atoms with Crippen LogP contribution in [0.4, 0.5) is 0 Å². The molecule has 0 saturated heterocycles. The number of carbonyl (C=O) groups excluding carboxylic acids is 1. The van der Waals surface area contributed by atoms with Crippen molar-refractivity contribution in [3.63, 3.8) is 0 Å². The van der Waals surface area contributed by atoms with E-state index in [4.69, 9.17) is 25.5 Å². The molecule has 9 nitrogen and oxygen atoms in total. The van der Waals surface area contributed by atoms with Gasteiger partial charge < -0.3 is 19.0 Å². The highest BCUT2D eigenvalue weighted by Gasteiger charge is 2.33. The Balaban J connectivity index is 1.62. The predicted octanol–water partition coefficient (Wildman–Crippen LogP) is 4.81. The Hall–Kier alpha value is -4.41. The lowest BCUT2D eigenvalue weighted by atomic mass is 9.96. The fourth-order valence-corrected chi connectivity index (χ4v) is 5.75. The summed E-state index contributed by atoms with van der Waals surface area (Å²) in [5.41, 5.74) is 1.54. The van der Waals surface area contributed by atoms with Crippen LogP contribution in [0.15, 0.2) is 80.1 Å². The lowest BCUT2D eigenvalue weighted by Crippen LogP contribution is -2.40. The molecule has 1 aliphatic rings. The number of ether oxygens (including phenoxy) is 2. The van der Waals surface area contributed by atoms with Gasteiger partial charge >= 0.3 is 11.9 Å². The molecule has 0 fully saturated rings. The zero-order chi connectivity index (χ0) is 29.4. The number of rotatable bonds is 7. The van der Waals surface area contributed by atoms with Gasteiger partial charge in [-0.05, 0) is 68.8 Å². The van der Waals surface area contributed by atoms with Crippen molar-refractivity contribution >= 4 is 41.0 Å². The van der Waals surface area contributed by atoms with Crippen molar-refractivity contribution in [2.24, 2.45) is 4.99 Å². The SMILES string of the molecule is COc1ccc([C@H]2C(C(=O)OC(C)C)=C(C)N=c3s/c(=C\c4ccc(-c5cc(C(=O)O)ccc5Cl)o4)c(=O)n32)cc1. The van der Waals surface area contributed by atoms with E-state index in [1.807, 2.05) is 0 Å². The highest BCUT2D eigenvalue weighted by molar-refractivity contribution is 7.07. The number of carbonyl (C=O) groups is 2. The molecule has 4 aromatic rings.